The van der Waals surface area contributed by atoms with Gasteiger partial charge in [-0.05, 0) is 53.3 Å². The van der Waals surface area contributed by atoms with Crippen molar-refractivity contribution in [2.45, 2.75) is 13.0 Å². The third-order valence-electron chi connectivity index (χ3n) is 4.94. The second-order valence-electron chi connectivity index (χ2n) is 6.78. The third-order valence-corrected chi connectivity index (χ3v) is 7.00. The van der Waals surface area contributed by atoms with E-state index in [1.807, 2.05) is 47.9 Å². The number of carbonyl (C=O) groups excluding carboxylic acids is 2. The number of benzene rings is 1. The number of fused-ring (bicyclic) bond motifs is 1. The van der Waals surface area contributed by atoms with Crippen LogP contribution < -0.4 is 10.2 Å². The Hall–Kier alpha value is -2.94. The summed E-state index contributed by atoms with van der Waals surface area (Å²) in [4.78, 5) is 29.6. The van der Waals surface area contributed by atoms with E-state index in [2.05, 4.69) is 0 Å². The van der Waals surface area contributed by atoms with Crippen molar-refractivity contribution in [2.75, 3.05) is 13.7 Å². The van der Waals surface area contributed by atoms with Crippen molar-refractivity contribution in [1.82, 2.24) is 10.4 Å². The third kappa shape index (κ3) is 4.16. The van der Waals surface area contributed by atoms with E-state index >= 15 is 0 Å². The normalized spacial score (nSPS) is 13.7. The molecule has 0 bridgehead atoms. The number of hydrogen-bond donors (Lipinski definition) is 2. The van der Waals surface area contributed by atoms with Gasteiger partial charge in [0.2, 0.25) is 0 Å². The van der Waals surface area contributed by atoms with Crippen LogP contribution in [0, 0.1) is 0 Å². The van der Waals surface area contributed by atoms with Crippen LogP contribution in [0.15, 0.2) is 47.8 Å². The van der Waals surface area contributed by atoms with Crippen molar-refractivity contribution >= 4 is 46.1 Å². The van der Waals surface area contributed by atoms with E-state index in [-0.39, 0.29) is 5.91 Å². The molecule has 154 valence electrons. The summed E-state index contributed by atoms with van der Waals surface area (Å²) < 4.78 is 5.24. The molecular formula is C22H20N2O4S2. The van der Waals surface area contributed by atoms with Crippen LogP contribution in [0.3, 0.4) is 0 Å². The van der Waals surface area contributed by atoms with Crippen LogP contribution in [-0.2, 0) is 17.8 Å². The van der Waals surface area contributed by atoms with E-state index in [0.29, 0.717) is 30.0 Å². The molecule has 0 aliphatic carbocycles. The highest BCUT2D eigenvalue weighted by Gasteiger charge is 2.27. The minimum Gasteiger partial charge on any atom is -0.497 e. The molecule has 2 amide bonds. The Bertz CT molecular complexity index is 1090. The first-order valence-corrected chi connectivity index (χ1v) is 11.0. The van der Waals surface area contributed by atoms with Gasteiger partial charge in [0.25, 0.3) is 11.8 Å². The Morgan fingerprint density at radius 3 is 2.70 bits per heavy atom. The predicted octanol–water partition coefficient (Wildman–Crippen LogP) is 4.06. The maximum Gasteiger partial charge on any atom is 0.284 e. The van der Waals surface area contributed by atoms with Gasteiger partial charge in [-0.25, -0.2) is 5.48 Å². The second-order valence-corrected chi connectivity index (χ2v) is 8.89. The zero-order chi connectivity index (χ0) is 21.1. The maximum absolute atomic E-state index is 13.5. The highest BCUT2D eigenvalue weighted by Crippen LogP contribution is 2.31. The van der Waals surface area contributed by atoms with Crippen molar-refractivity contribution in [3.63, 3.8) is 0 Å². The molecule has 1 aliphatic rings. The SMILES string of the molecule is COc1ccc(/C(=C/c2cccs2)C(=O)N2CCc3sc(C(=O)NO)cc3C2)cc1. The number of carbonyl (C=O) groups is 2. The fourth-order valence-electron chi connectivity index (χ4n) is 3.40. The smallest absolute Gasteiger partial charge is 0.284 e. The summed E-state index contributed by atoms with van der Waals surface area (Å²) in [6.45, 7) is 1.01. The first-order chi connectivity index (χ1) is 14.6. The lowest BCUT2D eigenvalue weighted by Crippen LogP contribution is -2.35. The number of methoxy groups -OCH3 is 1. The number of hydroxylamine groups is 1. The first kappa shape index (κ1) is 20.3. The monoisotopic (exact) mass is 440 g/mol. The molecule has 3 aromatic rings. The van der Waals surface area contributed by atoms with Gasteiger partial charge in [-0.2, -0.15) is 0 Å². The zero-order valence-electron chi connectivity index (χ0n) is 16.3. The van der Waals surface area contributed by atoms with E-state index < -0.39 is 5.91 Å². The molecule has 2 N–H and O–H groups in total. The molecule has 1 aromatic carbocycles. The molecule has 0 saturated heterocycles. The average molecular weight is 441 g/mol. The van der Waals surface area contributed by atoms with E-state index in [1.165, 1.54) is 11.3 Å². The molecule has 0 spiro atoms. The first-order valence-electron chi connectivity index (χ1n) is 9.34. The Balaban J connectivity index is 1.63. The van der Waals surface area contributed by atoms with Gasteiger partial charge in [-0.15, -0.1) is 22.7 Å². The van der Waals surface area contributed by atoms with Gasteiger partial charge in [0.05, 0.1) is 12.0 Å². The van der Waals surface area contributed by atoms with Crippen LogP contribution in [0.4, 0.5) is 0 Å². The lowest BCUT2D eigenvalue weighted by molar-refractivity contribution is -0.125. The molecule has 8 heteroatoms. The summed E-state index contributed by atoms with van der Waals surface area (Å²) in [6.07, 6.45) is 2.60. The summed E-state index contributed by atoms with van der Waals surface area (Å²) in [5.74, 6) is 0.152. The molecule has 0 unspecified atom stereocenters. The molecule has 2 aromatic heterocycles. The van der Waals surface area contributed by atoms with Gasteiger partial charge in [0, 0.05) is 28.4 Å². The van der Waals surface area contributed by atoms with E-state index in [4.69, 9.17) is 9.94 Å². The summed E-state index contributed by atoms with van der Waals surface area (Å²) in [5, 5.41) is 10.9. The van der Waals surface area contributed by atoms with Gasteiger partial charge in [0.15, 0.2) is 0 Å². The van der Waals surface area contributed by atoms with Gasteiger partial charge in [-0.1, -0.05) is 18.2 Å². The Kier molecular flexibility index (Phi) is 5.98. The average Bonchev–Trinajstić information content (AvgIpc) is 3.45. The van der Waals surface area contributed by atoms with Gasteiger partial charge in [0.1, 0.15) is 5.75 Å². The fourth-order valence-corrected chi connectivity index (χ4v) is 5.11. The predicted molar refractivity (Wildman–Crippen MR) is 118 cm³/mol. The molecule has 6 nitrogen and oxygen atoms in total. The number of amides is 2. The molecule has 0 atom stereocenters. The summed E-state index contributed by atoms with van der Waals surface area (Å²) >= 11 is 2.93. The molecule has 3 heterocycles. The van der Waals surface area contributed by atoms with E-state index in [0.717, 1.165) is 26.6 Å². The largest absolute Gasteiger partial charge is 0.497 e. The highest BCUT2D eigenvalue weighted by molar-refractivity contribution is 7.14. The summed E-state index contributed by atoms with van der Waals surface area (Å²) in [7, 11) is 1.61. The number of nitrogens with one attached hydrogen (secondary N) is 1. The minimum atomic E-state index is -0.524. The molecule has 4 rings (SSSR count). The van der Waals surface area contributed by atoms with E-state index in [9.17, 15) is 9.59 Å². The van der Waals surface area contributed by atoms with Crippen molar-refractivity contribution in [1.29, 1.82) is 0 Å². The topological polar surface area (TPSA) is 78.9 Å². The van der Waals surface area contributed by atoms with E-state index in [1.54, 1.807) is 34.9 Å². The van der Waals surface area contributed by atoms with Crippen molar-refractivity contribution in [3.05, 3.63) is 73.6 Å². The second kappa shape index (κ2) is 8.83. The molecule has 1 aliphatic heterocycles. The number of nitrogens with zero attached hydrogens (tertiary/aromatic N) is 1. The molecule has 0 radical (unpaired) electrons. The molecular weight excluding hydrogens is 420 g/mol. The van der Waals surface area contributed by atoms with Crippen LogP contribution in [0.5, 0.6) is 5.75 Å². The number of hydrogen-bond acceptors (Lipinski definition) is 6. The van der Waals surface area contributed by atoms with Crippen LogP contribution in [0.1, 0.15) is 30.6 Å². The maximum atomic E-state index is 13.5. The molecule has 30 heavy (non-hydrogen) atoms. The molecule has 0 fully saturated rings. The summed E-state index contributed by atoms with van der Waals surface area (Å²) in [5.41, 5.74) is 4.06. The lowest BCUT2D eigenvalue weighted by Gasteiger charge is -2.28. The standard InChI is InChI=1S/C22H20N2O4S2/c1-28-16-6-4-14(5-7-16)18(12-17-3-2-10-29-17)22(26)24-9-8-19-15(13-24)11-20(30-19)21(25)23-27/h2-7,10-12,27H,8-9,13H2,1H3,(H,23,25)/b18-12-. The summed E-state index contributed by atoms with van der Waals surface area (Å²) in [6, 6.07) is 13.2. The van der Waals surface area contributed by atoms with Crippen molar-refractivity contribution < 1.29 is 19.5 Å². The van der Waals surface area contributed by atoms with Gasteiger partial charge in [-0.3, -0.25) is 14.8 Å². The van der Waals surface area contributed by atoms with Gasteiger partial charge >= 0.3 is 0 Å². The highest BCUT2D eigenvalue weighted by atomic mass is 32.1. The Morgan fingerprint density at radius 1 is 1.23 bits per heavy atom. The van der Waals surface area contributed by atoms with Crippen LogP contribution in [0.25, 0.3) is 11.6 Å². The van der Waals surface area contributed by atoms with Crippen molar-refractivity contribution in [2.24, 2.45) is 0 Å². The number of rotatable bonds is 5. The number of ether oxygens (including phenoxy) is 1. The van der Waals surface area contributed by atoms with Gasteiger partial charge < -0.3 is 9.64 Å². The van der Waals surface area contributed by atoms with Crippen molar-refractivity contribution in [3.8, 4) is 5.75 Å². The number of thiophene rings is 2. The Morgan fingerprint density at radius 2 is 2.03 bits per heavy atom. The molecule has 0 saturated carbocycles. The van der Waals surface area contributed by atoms with Crippen LogP contribution >= 0.6 is 22.7 Å². The zero-order valence-corrected chi connectivity index (χ0v) is 17.9. The van der Waals surface area contributed by atoms with Crippen LogP contribution in [0.2, 0.25) is 0 Å². The fraction of sp³-hybridized carbons (Fsp3) is 0.182. The lowest BCUT2D eigenvalue weighted by atomic mass is 10.0. The Labute approximate surface area is 182 Å². The van der Waals surface area contributed by atoms with Crippen LogP contribution in [-0.4, -0.2) is 35.6 Å². The minimum absolute atomic E-state index is 0.0569. The quantitative estimate of drug-likeness (QED) is 0.356.